The van der Waals surface area contributed by atoms with Crippen LogP contribution in [0.5, 0.6) is 0 Å². The molecule has 1 saturated heterocycles. The Bertz CT molecular complexity index is 796. The Labute approximate surface area is 159 Å². The van der Waals surface area contributed by atoms with Crippen LogP contribution in [0.2, 0.25) is 0 Å². The number of hydrogen-bond donors (Lipinski definition) is 1. The predicted molar refractivity (Wildman–Crippen MR) is 102 cm³/mol. The molecule has 0 spiro atoms. The zero-order valence-corrected chi connectivity index (χ0v) is 15.7. The zero-order chi connectivity index (χ0) is 19.2. The van der Waals surface area contributed by atoms with Gasteiger partial charge in [0.1, 0.15) is 12.4 Å². The van der Waals surface area contributed by atoms with Gasteiger partial charge in [0.15, 0.2) is 5.82 Å². The van der Waals surface area contributed by atoms with Crippen LogP contribution in [0.4, 0.5) is 4.79 Å². The molecule has 1 aliphatic heterocycles. The Balaban J connectivity index is 1.79. The summed E-state index contributed by atoms with van der Waals surface area (Å²) in [5.41, 5.74) is 1.11. The molecule has 142 valence electrons. The van der Waals surface area contributed by atoms with E-state index in [1.807, 2.05) is 48.9 Å². The first kappa shape index (κ1) is 18.9. The molecule has 7 heteroatoms. The van der Waals surface area contributed by atoms with Crippen LogP contribution in [0, 0.1) is 18.3 Å². The second-order valence-electron chi connectivity index (χ2n) is 6.88. The quantitative estimate of drug-likeness (QED) is 0.821. The minimum Gasteiger partial charge on any atom is -0.377 e. The van der Waals surface area contributed by atoms with E-state index in [2.05, 4.69) is 21.3 Å². The number of morpholine rings is 1. The number of carbonyl (C=O) groups excluding carboxylic acids is 1. The van der Waals surface area contributed by atoms with Gasteiger partial charge in [-0.15, -0.1) is 6.42 Å². The highest BCUT2D eigenvalue weighted by Crippen LogP contribution is 2.23. The van der Waals surface area contributed by atoms with Crippen molar-refractivity contribution in [2.75, 3.05) is 19.8 Å². The first-order chi connectivity index (χ1) is 13.1. The second kappa shape index (κ2) is 8.69. The number of amides is 2. The average molecular weight is 367 g/mol. The molecule has 2 unspecified atom stereocenters. The number of urea groups is 1. The molecule has 27 heavy (non-hydrogen) atoms. The Morgan fingerprint density at radius 1 is 1.41 bits per heavy atom. The molecule has 2 heterocycles. The van der Waals surface area contributed by atoms with E-state index < -0.39 is 0 Å². The average Bonchev–Trinajstić information content (AvgIpc) is 3.14. The fourth-order valence-corrected chi connectivity index (χ4v) is 3.09. The minimum absolute atomic E-state index is 0.153. The van der Waals surface area contributed by atoms with Crippen LogP contribution in [0.1, 0.15) is 31.3 Å². The van der Waals surface area contributed by atoms with Crippen LogP contribution >= 0.6 is 0 Å². The van der Waals surface area contributed by atoms with Crippen LogP contribution < -0.4 is 5.32 Å². The molecular formula is C20H25N5O2. The number of carbonyl (C=O) groups is 1. The van der Waals surface area contributed by atoms with Crippen LogP contribution in [0.3, 0.4) is 0 Å². The molecule has 1 fully saturated rings. The van der Waals surface area contributed by atoms with Crippen molar-refractivity contribution >= 4 is 6.03 Å². The normalized spacial score (nSPS) is 18.1. The number of rotatable bonds is 5. The van der Waals surface area contributed by atoms with E-state index in [0.29, 0.717) is 32.1 Å². The zero-order valence-electron chi connectivity index (χ0n) is 15.7. The summed E-state index contributed by atoms with van der Waals surface area (Å²) < 4.78 is 7.44. The van der Waals surface area contributed by atoms with E-state index in [4.69, 9.17) is 11.2 Å². The maximum Gasteiger partial charge on any atom is 0.319 e. The van der Waals surface area contributed by atoms with Crippen molar-refractivity contribution in [1.29, 1.82) is 0 Å². The molecule has 3 rings (SSSR count). The van der Waals surface area contributed by atoms with Gasteiger partial charge in [-0.05, 0) is 11.5 Å². The molecule has 2 amide bonds. The van der Waals surface area contributed by atoms with E-state index >= 15 is 0 Å². The van der Waals surface area contributed by atoms with Gasteiger partial charge in [0, 0.05) is 6.54 Å². The second-order valence-corrected chi connectivity index (χ2v) is 6.88. The van der Waals surface area contributed by atoms with Crippen molar-refractivity contribution < 1.29 is 9.53 Å². The lowest BCUT2D eigenvalue weighted by molar-refractivity contribution is 0.00670. The van der Waals surface area contributed by atoms with E-state index in [1.54, 1.807) is 4.90 Å². The van der Waals surface area contributed by atoms with Gasteiger partial charge in [0.2, 0.25) is 0 Å². The van der Waals surface area contributed by atoms with E-state index in [-0.39, 0.29) is 24.0 Å². The van der Waals surface area contributed by atoms with E-state index in [0.717, 1.165) is 5.56 Å². The molecule has 2 aromatic rings. The third-order valence-corrected chi connectivity index (χ3v) is 4.63. The van der Waals surface area contributed by atoms with Gasteiger partial charge in [-0.2, -0.15) is 5.10 Å². The first-order valence-electron chi connectivity index (χ1n) is 9.12. The van der Waals surface area contributed by atoms with Gasteiger partial charge in [-0.25, -0.2) is 14.5 Å². The van der Waals surface area contributed by atoms with Crippen LogP contribution in [-0.2, 0) is 11.3 Å². The molecule has 0 radical (unpaired) electrons. The fourth-order valence-electron chi connectivity index (χ4n) is 3.09. The summed E-state index contributed by atoms with van der Waals surface area (Å²) in [5, 5.41) is 7.28. The highest BCUT2D eigenvalue weighted by molar-refractivity contribution is 5.75. The molecule has 0 bridgehead atoms. The third-order valence-electron chi connectivity index (χ3n) is 4.63. The molecule has 1 N–H and O–H groups in total. The lowest BCUT2D eigenvalue weighted by Gasteiger charge is -2.36. The fraction of sp³-hybridized carbons (Fsp3) is 0.450. The number of ether oxygens (including phenoxy) is 1. The van der Waals surface area contributed by atoms with E-state index in [9.17, 15) is 4.79 Å². The molecule has 1 aliphatic rings. The highest BCUT2D eigenvalue weighted by Gasteiger charge is 2.33. The van der Waals surface area contributed by atoms with Crippen LogP contribution in [0.15, 0.2) is 36.7 Å². The number of benzene rings is 1. The smallest absolute Gasteiger partial charge is 0.319 e. The number of terminal acetylenes is 1. The van der Waals surface area contributed by atoms with E-state index in [1.165, 1.54) is 6.33 Å². The first-order valence-corrected chi connectivity index (χ1v) is 9.12. The van der Waals surface area contributed by atoms with Crippen molar-refractivity contribution in [2.45, 2.75) is 32.5 Å². The summed E-state index contributed by atoms with van der Waals surface area (Å²) in [5.74, 6) is 3.50. The molecule has 0 aliphatic carbocycles. The summed E-state index contributed by atoms with van der Waals surface area (Å²) in [4.78, 5) is 19.0. The molecule has 1 aromatic carbocycles. The van der Waals surface area contributed by atoms with Crippen LogP contribution in [-0.4, -0.2) is 51.5 Å². The van der Waals surface area contributed by atoms with Crippen molar-refractivity contribution in [3.05, 3.63) is 48.0 Å². The maximum absolute atomic E-state index is 12.9. The van der Waals surface area contributed by atoms with Gasteiger partial charge in [0.05, 0.1) is 25.8 Å². The van der Waals surface area contributed by atoms with Crippen molar-refractivity contribution in [1.82, 2.24) is 25.0 Å². The molecule has 0 saturated carbocycles. The number of aromatic nitrogens is 3. The van der Waals surface area contributed by atoms with Gasteiger partial charge >= 0.3 is 6.03 Å². The minimum atomic E-state index is -0.316. The number of nitrogens with one attached hydrogen (secondary N) is 1. The Hall–Kier alpha value is -2.85. The van der Waals surface area contributed by atoms with Crippen molar-refractivity contribution in [2.24, 2.45) is 5.92 Å². The lowest BCUT2D eigenvalue weighted by atomic mass is 10.1. The van der Waals surface area contributed by atoms with Gasteiger partial charge in [0.25, 0.3) is 0 Å². The lowest BCUT2D eigenvalue weighted by Crippen LogP contribution is -2.52. The Kier molecular flexibility index (Phi) is 6.09. The van der Waals surface area contributed by atoms with Crippen molar-refractivity contribution in [3.63, 3.8) is 0 Å². The molecular weight excluding hydrogens is 342 g/mol. The summed E-state index contributed by atoms with van der Waals surface area (Å²) in [6, 6.07) is 9.19. The molecule has 1 aromatic heterocycles. The summed E-state index contributed by atoms with van der Waals surface area (Å²) in [7, 11) is 0. The van der Waals surface area contributed by atoms with Gasteiger partial charge < -0.3 is 15.0 Å². The summed E-state index contributed by atoms with van der Waals surface area (Å²) in [6.07, 6.45) is 7.07. The molecule has 7 nitrogen and oxygen atoms in total. The summed E-state index contributed by atoms with van der Waals surface area (Å²) >= 11 is 0. The highest BCUT2D eigenvalue weighted by atomic mass is 16.5. The monoisotopic (exact) mass is 367 g/mol. The third kappa shape index (κ3) is 4.47. The number of nitrogens with zero attached hydrogens (tertiary/aromatic N) is 4. The summed E-state index contributed by atoms with van der Waals surface area (Å²) in [6.45, 7) is 5.89. The standard InChI is InChI=1S/C20H25N5O2/c1-4-17(15(2)3)23-20(26)24-10-11-27-13-18(24)19-21-14-22-25(19)12-16-8-6-5-7-9-16/h1,5-9,14-15,17-18H,10-13H2,2-3H3,(H,23,26). The Morgan fingerprint density at radius 3 is 2.89 bits per heavy atom. The van der Waals surface area contributed by atoms with Crippen molar-refractivity contribution in [3.8, 4) is 12.3 Å². The molecule has 2 atom stereocenters. The maximum atomic E-state index is 12.9. The number of hydrogen-bond acceptors (Lipinski definition) is 4. The Morgan fingerprint density at radius 2 is 2.19 bits per heavy atom. The topological polar surface area (TPSA) is 72.3 Å². The van der Waals surface area contributed by atoms with Gasteiger partial charge in [-0.1, -0.05) is 50.1 Å². The van der Waals surface area contributed by atoms with Crippen LogP contribution in [0.25, 0.3) is 0 Å². The predicted octanol–water partition coefficient (Wildman–Crippen LogP) is 2.07. The SMILES string of the molecule is C#CC(NC(=O)N1CCOCC1c1ncnn1Cc1ccccc1)C(C)C. The largest absolute Gasteiger partial charge is 0.377 e. The van der Waals surface area contributed by atoms with Gasteiger partial charge in [-0.3, -0.25) is 0 Å².